The van der Waals surface area contributed by atoms with E-state index >= 15 is 0 Å². The van der Waals surface area contributed by atoms with Gasteiger partial charge < -0.3 is 14.4 Å². The quantitative estimate of drug-likeness (QED) is 0.513. The summed E-state index contributed by atoms with van der Waals surface area (Å²) in [6, 6.07) is 8.12. The number of aliphatic hydroxyl groups excluding tert-OH is 1. The molecule has 1 saturated heterocycles. The Kier molecular flexibility index (Phi) is 4.92. The number of halogens is 5. The zero-order valence-corrected chi connectivity index (χ0v) is 17.7. The molecule has 0 atom stereocenters. The number of aliphatic hydroxyl groups is 1. The number of piperidine rings is 1. The number of hydrogen-bond donors (Lipinski definition) is 1. The minimum atomic E-state index is -9.86. The predicted octanol–water partition coefficient (Wildman–Crippen LogP) is 4.74. The van der Waals surface area contributed by atoms with E-state index in [4.69, 9.17) is 9.52 Å². The largest absolute Gasteiger partial charge is 0.417 e. The first-order valence-electron chi connectivity index (χ1n) is 9.62. The number of aromatic nitrogens is 4. The molecule has 0 saturated carbocycles. The minimum Gasteiger partial charge on any atom is -0.417 e. The molecule has 3 heterocycles. The molecule has 14 heteroatoms. The molecule has 0 spiro atoms. The third-order valence-electron chi connectivity index (χ3n) is 5.46. The molecule has 176 valence electrons. The van der Waals surface area contributed by atoms with Gasteiger partial charge in [0.2, 0.25) is 5.89 Å². The van der Waals surface area contributed by atoms with Crippen LogP contribution in [0.2, 0.25) is 0 Å². The number of benzene rings is 1. The summed E-state index contributed by atoms with van der Waals surface area (Å²) in [4.78, 5) is -0.218. The molecule has 2 aromatic heterocycles. The van der Waals surface area contributed by atoms with Gasteiger partial charge in [-0.1, -0.05) is 31.6 Å². The smallest absolute Gasteiger partial charge is 0.310 e. The zero-order chi connectivity index (χ0) is 24.0. The van der Waals surface area contributed by atoms with E-state index in [2.05, 4.69) is 20.4 Å². The fourth-order valence-electron chi connectivity index (χ4n) is 3.65. The fraction of sp³-hybridized carbons (Fsp3) is 0.316. The standard InChI is InChI=1S/C19H17F5N6O2S/c20-33(21,22,23,24)14-3-1-2-13(10-14)19(12-25)6-8-30(9-7-19)16-5-4-15(26-27-16)18-29-28-17(11-31)32-18/h1-5,10,31H,6-9,11H2. The van der Waals surface area contributed by atoms with Gasteiger partial charge in [0.15, 0.2) is 5.82 Å². The van der Waals surface area contributed by atoms with Crippen LogP contribution >= 0.6 is 10.2 Å². The van der Waals surface area contributed by atoms with Gasteiger partial charge in [0.25, 0.3) is 5.89 Å². The molecule has 0 radical (unpaired) electrons. The van der Waals surface area contributed by atoms with Crippen LogP contribution in [-0.4, -0.2) is 38.6 Å². The average Bonchev–Trinajstić information content (AvgIpc) is 3.27. The topological polar surface area (TPSA) is 112 Å². The van der Waals surface area contributed by atoms with Crippen molar-refractivity contribution in [3.05, 3.63) is 47.9 Å². The monoisotopic (exact) mass is 488 g/mol. The van der Waals surface area contributed by atoms with E-state index in [-0.39, 0.29) is 49.0 Å². The van der Waals surface area contributed by atoms with E-state index in [1.165, 1.54) is 6.07 Å². The summed E-state index contributed by atoms with van der Waals surface area (Å²) in [5.74, 6) is 0.547. The number of nitriles is 1. The van der Waals surface area contributed by atoms with E-state index in [0.717, 1.165) is 6.07 Å². The van der Waals surface area contributed by atoms with Crippen LogP contribution in [0, 0.1) is 11.3 Å². The summed E-state index contributed by atoms with van der Waals surface area (Å²) in [5, 5.41) is 34.2. The number of anilines is 1. The second-order valence-electron chi connectivity index (χ2n) is 7.61. The third-order valence-corrected chi connectivity index (χ3v) is 6.60. The normalized spacial score (nSPS) is 18.3. The Hall–Kier alpha value is -3.31. The average molecular weight is 488 g/mol. The molecule has 3 aromatic rings. The Balaban J connectivity index is 1.52. The van der Waals surface area contributed by atoms with Gasteiger partial charge in [-0.25, -0.2) is 0 Å². The van der Waals surface area contributed by atoms with E-state index in [0.29, 0.717) is 18.0 Å². The molecule has 1 aromatic carbocycles. The van der Waals surface area contributed by atoms with Crippen molar-refractivity contribution in [1.29, 1.82) is 5.26 Å². The van der Waals surface area contributed by atoms with Gasteiger partial charge in [0.1, 0.15) is 17.2 Å². The number of rotatable bonds is 5. The Labute approximate surface area is 184 Å². The SMILES string of the molecule is N#CC1(c2cccc(S(F)(F)(F)(F)F)c2)CCN(c2ccc(-c3nnc(CO)o3)nn2)CC1. The van der Waals surface area contributed by atoms with Crippen molar-refractivity contribution in [2.45, 2.75) is 29.8 Å². The Morgan fingerprint density at radius 2 is 1.76 bits per heavy atom. The zero-order valence-electron chi connectivity index (χ0n) is 16.8. The Morgan fingerprint density at radius 1 is 1.03 bits per heavy atom. The van der Waals surface area contributed by atoms with E-state index in [1.807, 2.05) is 6.07 Å². The van der Waals surface area contributed by atoms with E-state index in [1.54, 1.807) is 17.0 Å². The molecule has 0 unspecified atom stereocenters. The first-order valence-corrected chi connectivity index (χ1v) is 11.6. The first kappa shape index (κ1) is 22.9. The van der Waals surface area contributed by atoms with E-state index < -0.39 is 27.1 Å². The van der Waals surface area contributed by atoms with Crippen LogP contribution in [0.25, 0.3) is 11.6 Å². The van der Waals surface area contributed by atoms with Gasteiger partial charge >= 0.3 is 10.2 Å². The molecule has 0 amide bonds. The van der Waals surface area contributed by atoms with Crippen molar-refractivity contribution >= 4 is 16.0 Å². The van der Waals surface area contributed by atoms with Crippen LogP contribution < -0.4 is 4.90 Å². The highest BCUT2D eigenvalue weighted by Crippen LogP contribution is 3.02. The lowest BCUT2D eigenvalue weighted by molar-refractivity contribution is 0.241. The van der Waals surface area contributed by atoms with Crippen molar-refractivity contribution in [2.75, 3.05) is 18.0 Å². The maximum absolute atomic E-state index is 13.3. The van der Waals surface area contributed by atoms with Gasteiger partial charge in [-0.3, -0.25) is 0 Å². The molecule has 1 fully saturated rings. The number of hydrogen-bond acceptors (Lipinski definition) is 8. The maximum atomic E-state index is 13.3. The second-order valence-corrected chi connectivity index (χ2v) is 10.0. The lowest BCUT2D eigenvalue weighted by Crippen LogP contribution is -2.42. The molecule has 1 aliphatic rings. The summed E-state index contributed by atoms with van der Waals surface area (Å²) >= 11 is 0. The van der Waals surface area contributed by atoms with Crippen molar-refractivity contribution in [2.24, 2.45) is 0 Å². The van der Waals surface area contributed by atoms with Crippen molar-refractivity contribution in [3.8, 4) is 17.7 Å². The van der Waals surface area contributed by atoms with Crippen molar-refractivity contribution < 1.29 is 29.0 Å². The van der Waals surface area contributed by atoms with Crippen LogP contribution in [0.15, 0.2) is 45.7 Å². The maximum Gasteiger partial charge on any atom is 0.310 e. The molecular formula is C19H17F5N6O2S. The summed E-state index contributed by atoms with van der Waals surface area (Å²) < 4.78 is 71.4. The Morgan fingerprint density at radius 3 is 2.30 bits per heavy atom. The second kappa shape index (κ2) is 7.09. The molecule has 1 aliphatic heterocycles. The highest BCUT2D eigenvalue weighted by atomic mass is 32.5. The van der Waals surface area contributed by atoms with Gasteiger partial charge in [-0.15, -0.1) is 20.4 Å². The van der Waals surface area contributed by atoms with Gasteiger partial charge in [0, 0.05) is 13.1 Å². The van der Waals surface area contributed by atoms with Gasteiger partial charge in [0.05, 0.1) is 11.5 Å². The van der Waals surface area contributed by atoms with E-state index in [9.17, 15) is 24.7 Å². The highest BCUT2D eigenvalue weighted by Gasteiger charge is 2.65. The van der Waals surface area contributed by atoms with Crippen LogP contribution in [-0.2, 0) is 12.0 Å². The summed E-state index contributed by atoms with van der Waals surface area (Å²) in [6.45, 7) is 0.0763. The van der Waals surface area contributed by atoms with Gasteiger partial charge in [-0.2, -0.15) is 5.26 Å². The molecule has 4 rings (SSSR count). The summed E-state index contributed by atoms with van der Waals surface area (Å²) in [5.41, 5.74) is -1.15. The van der Waals surface area contributed by atoms with Crippen LogP contribution in [0.4, 0.5) is 25.2 Å². The molecule has 0 bridgehead atoms. The summed E-state index contributed by atoms with van der Waals surface area (Å²) in [7, 11) is -9.86. The Bertz CT molecular complexity index is 1220. The fourth-order valence-corrected chi connectivity index (χ4v) is 4.33. The lowest BCUT2D eigenvalue weighted by atomic mass is 9.74. The molecule has 33 heavy (non-hydrogen) atoms. The highest BCUT2D eigenvalue weighted by molar-refractivity contribution is 8.45. The minimum absolute atomic E-state index is 0.0222. The lowest BCUT2D eigenvalue weighted by Gasteiger charge is -2.42. The number of nitrogens with zero attached hydrogens (tertiary/aromatic N) is 6. The molecule has 8 nitrogen and oxygen atoms in total. The third kappa shape index (κ3) is 4.60. The van der Waals surface area contributed by atoms with Crippen LogP contribution in [0.5, 0.6) is 0 Å². The first-order chi connectivity index (χ1) is 15.3. The van der Waals surface area contributed by atoms with Crippen molar-refractivity contribution in [3.63, 3.8) is 0 Å². The predicted molar refractivity (Wildman–Crippen MR) is 108 cm³/mol. The van der Waals surface area contributed by atoms with Crippen LogP contribution in [0.3, 0.4) is 0 Å². The molecular weight excluding hydrogens is 471 g/mol. The van der Waals surface area contributed by atoms with Gasteiger partial charge in [-0.05, 0) is 42.7 Å². The summed E-state index contributed by atoms with van der Waals surface area (Å²) in [6.07, 6.45) is 0.223. The molecule has 1 N–H and O–H groups in total. The van der Waals surface area contributed by atoms with Crippen molar-refractivity contribution in [1.82, 2.24) is 20.4 Å². The molecule has 0 aliphatic carbocycles. The van der Waals surface area contributed by atoms with Crippen LogP contribution in [0.1, 0.15) is 24.3 Å².